The molecular formula is C19H19N5O2. The van der Waals surface area contributed by atoms with Gasteiger partial charge in [0.1, 0.15) is 6.23 Å². The lowest BCUT2D eigenvalue weighted by molar-refractivity contribution is 0.191. The van der Waals surface area contributed by atoms with Crippen molar-refractivity contribution in [3.8, 4) is 11.3 Å². The van der Waals surface area contributed by atoms with Crippen LogP contribution in [0.15, 0.2) is 47.3 Å². The molecule has 1 unspecified atom stereocenters. The zero-order chi connectivity index (χ0) is 18.1. The summed E-state index contributed by atoms with van der Waals surface area (Å²) < 4.78 is 0. The summed E-state index contributed by atoms with van der Waals surface area (Å²) in [6, 6.07) is 13.1. The summed E-state index contributed by atoms with van der Waals surface area (Å²) in [6.07, 6.45) is 0.892. The van der Waals surface area contributed by atoms with Gasteiger partial charge in [0.2, 0.25) is 5.95 Å². The molecule has 0 spiro atoms. The van der Waals surface area contributed by atoms with E-state index in [1.165, 1.54) is 0 Å². The van der Waals surface area contributed by atoms with Gasteiger partial charge >= 0.3 is 0 Å². The molecule has 2 aromatic carbocycles. The number of aromatic amines is 2. The predicted octanol–water partition coefficient (Wildman–Crippen LogP) is 3.00. The van der Waals surface area contributed by atoms with Crippen molar-refractivity contribution in [1.29, 1.82) is 0 Å². The van der Waals surface area contributed by atoms with Crippen molar-refractivity contribution in [1.82, 2.24) is 20.2 Å². The topological polar surface area (TPSA) is 107 Å². The average molecular weight is 349 g/mol. The second kappa shape index (κ2) is 6.61. The average Bonchev–Trinajstić information content (AvgIpc) is 3.03. The molecule has 2 heterocycles. The van der Waals surface area contributed by atoms with Gasteiger partial charge in [-0.15, -0.1) is 0 Å². The molecular weight excluding hydrogens is 330 g/mol. The Bertz CT molecular complexity index is 1130. The Morgan fingerprint density at radius 1 is 1.19 bits per heavy atom. The molecule has 0 fully saturated rings. The fourth-order valence-electron chi connectivity index (χ4n) is 3.06. The zero-order valence-electron chi connectivity index (χ0n) is 14.3. The Labute approximate surface area is 149 Å². The normalized spacial score (nSPS) is 12.5. The van der Waals surface area contributed by atoms with E-state index in [0.717, 1.165) is 28.4 Å². The van der Waals surface area contributed by atoms with Crippen LogP contribution in [0.1, 0.15) is 19.8 Å². The smallest absolute Gasteiger partial charge is 0.272 e. The van der Waals surface area contributed by atoms with Crippen molar-refractivity contribution in [2.75, 3.05) is 5.32 Å². The molecule has 7 nitrogen and oxygen atoms in total. The van der Waals surface area contributed by atoms with E-state index >= 15 is 0 Å². The molecule has 0 saturated heterocycles. The first-order chi connectivity index (χ1) is 12.7. The molecule has 0 amide bonds. The molecule has 0 aliphatic carbocycles. The van der Waals surface area contributed by atoms with Crippen molar-refractivity contribution in [2.24, 2.45) is 0 Å². The number of H-pyrrole nitrogens is 2. The Morgan fingerprint density at radius 3 is 2.81 bits per heavy atom. The van der Waals surface area contributed by atoms with Gasteiger partial charge in [-0.1, -0.05) is 37.6 Å². The lowest BCUT2D eigenvalue weighted by atomic mass is 10.0. The van der Waals surface area contributed by atoms with Gasteiger partial charge < -0.3 is 15.4 Å². The third-order valence-corrected chi connectivity index (χ3v) is 4.32. The van der Waals surface area contributed by atoms with Crippen LogP contribution in [0, 0.1) is 0 Å². The highest BCUT2D eigenvalue weighted by Crippen LogP contribution is 2.27. The van der Waals surface area contributed by atoms with Crippen LogP contribution in [0.25, 0.3) is 33.1 Å². The van der Waals surface area contributed by atoms with E-state index < -0.39 is 6.23 Å². The molecule has 1 atom stereocenters. The molecule has 0 aliphatic rings. The number of rotatable bonds is 5. The van der Waals surface area contributed by atoms with Gasteiger partial charge in [0.15, 0.2) is 0 Å². The van der Waals surface area contributed by atoms with Crippen LogP contribution >= 0.6 is 0 Å². The van der Waals surface area contributed by atoms with Crippen molar-refractivity contribution in [3.63, 3.8) is 0 Å². The number of aromatic nitrogens is 4. The molecule has 26 heavy (non-hydrogen) atoms. The Balaban J connectivity index is 1.76. The summed E-state index contributed by atoms with van der Waals surface area (Å²) in [4.78, 5) is 19.6. The van der Waals surface area contributed by atoms with Crippen LogP contribution < -0.4 is 10.9 Å². The van der Waals surface area contributed by atoms with Crippen molar-refractivity contribution >= 4 is 27.8 Å². The molecule has 0 radical (unpaired) electrons. The number of benzene rings is 2. The fourth-order valence-corrected chi connectivity index (χ4v) is 3.06. The Kier molecular flexibility index (Phi) is 4.14. The molecule has 7 heteroatoms. The van der Waals surface area contributed by atoms with Crippen LogP contribution in [-0.4, -0.2) is 31.5 Å². The van der Waals surface area contributed by atoms with E-state index in [9.17, 15) is 9.90 Å². The third-order valence-electron chi connectivity index (χ3n) is 4.32. The minimum absolute atomic E-state index is 0.207. The molecule has 4 aromatic rings. The molecule has 0 bridgehead atoms. The van der Waals surface area contributed by atoms with Crippen molar-refractivity contribution in [2.45, 2.75) is 26.0 Å². The Hall–Kier alpha value is -3.19. The van der Waals surface area contributed by atoms with Gasteiger partial charge in [-0.05, 0) is 24.6 Å². The zero-order valence-corrected chi connectivity index (χ0v) is 14.3. The second-order valence-electron chi connectivity index (χ2n) is 6.21. The van der Waals surface area contributed by atoms with E-state index in [2.05, 4.69) is 25.5 Å². The van der Waals surface area contributed by atoms with Gasteiger partial charge in [0.25, 0.3) is 5.56 Å². The van der Waals surface area contributed by atoms with Crippen LogP contribution in [0.2, 0.25) is 0 Å². The highest BCUT2D eigenvalue weighted by molar-refractivity contribution is 5.95. The lowest BCUT2D eigenvalue weighted by Crippen LogP contribution is -2.18. The highest BCUT2D eigenvalue weighted by atomic mass is 16.3. The summed E-state index contributed by atoms with van der Waals surface area (Å²) in [5, 5.41) is 21.0. The summed E-state index contributed by atoms with van der Waals surface area (Å²) in [5.74, 6) is 0.525. The molecule has 0 aliphatic heterocycles. The van der Waals surface area contributed by atoms with E-state index in [-0.39, 0.29) is 5.56 Å². The molecule has 132 valence electrons. The van der Waals surface area contributed by atoms with Crippen LogP contribution in [0.4, 0.5) is 5.95 Å². The van der Waals surface area contributed by atoms with Gasteiger partial charge in [0.05, 0.1) is 22.1 Å². The van der Waals surface area contributed by atoms with Crippen LogP contribution in [0.5, 0.6) is 0 Å². The monoisotopic (exact) mass is 349 g/mol. The molecule has 4 rings (SSSR count). The summed E-state index contributed by atoms with van der Waals surface area (Å²) in [7, 11) is 0. The minimum atomic E-state index is -0.634. The number of hydrogen-bond donors (Lipinski definition) is 4. The summed E-state index contributed by atoms with van der Waals surface area (Å²) in [5.41, 5.74) is 2.96. The third kappa shape index (κ3) is 2.93. The first-order valence-corrected chi connectivity index (χ1v) is 8.58. The number of aliphatic hydroxyl groups is 1. The first kappa shape index (κ1) is 16.3. The minimum Gasteiger partial charge on any atom is -0.374 e. The largest absolute Gasteiger partial charge is 0.374 e. The summed E-state index contributed by atoms with van der Waals surface area (Å²) in [6.45, 7) is 2.01. The molecule has 4 N–H and O–H groups in total. The fraction of sp³-hybridized carbons (Fsp3) is 0.211. The standard InChI is InChI=1S/C19H19N5O2/c1-2-5-16(25)22-19-20-14-9-8-11(10-15(14)21-19)17-12-6-3-4-7-13(12)18(26)24-23-17/h3-4,6-10,16,25H,2,5H2,1H3,(H,24,26)(H2,20,21,22). The van der Waals surface area contributed by atoms with Gasteiger partial charge in [-0.2, -0.15) is 5.10 Å². The van der Waals surface area contributed by atoms with E-state index in [1.807, 2.05) is 43.3 Å². The number of nitrogens with one attached hydrogen (secondary N) is 3. The number of hydrogen-bond acceptors (Lipinski definition) is 5. The Morgan fingerprint density at radius 2 is 2.00 bits per heavy atom. The van der Waals surface area contributed by atoms with Gasteiger partial charge in [0, 0.05) is 10.9 Å². The van der Waals surface area contributed by atoms with Crippen molar-refractivity contribution in [3.05, 3.63) is 52.8 Å². The van der Waals surface area contributed by atoms with Gasteiger partial charge in [-0.3, -0.25) is 4.79 Å². The maximum Gasteiger partial charge on any atom is 0.272 e. The van der Waals surface area contributed by atoms with E-state index in [4.69, 9.17) is 0 Å². The van der Waals surface area contributed by atoms with E-state index in [1.54, 1.807) is 6.07 Å². The molecule has 0 saturated carbocycles. The highest BCUT2D eigenvalue weighted by Gasteiger charge is 2.11. The maximum atomic E-state index is 12.0. The summed E-state index contributed by atoms with van der Waals surface area (Å²) >= 11 is 0. The van der Waals surface area contributed by atoms with Gasteiger partial charge in [-0.25, -0.2) is 10.1 Å². The number of fused-ring (bicyclic) bond motifs is 2. The first-order valence-electron chi connectivity index (χ1n) is 8.58. The predicted molar refractivity (Wildman–Crippen MR) is 102 cm³/mol. The number of imidazole rings is 1. The quantitative estimate of drug-likeness (QED) is 0.414. The van der Waals surface area contributed by atoms with Crippen molar-refractivity contribution < 1.29 is 5.11 Å². The van der Waals surface area contributed by atoms with Crippen LogP contribution in [0.3, 0.4) is 0 Å². The number of nitrogens with zero attached hydrogens (tertiary/aromatic N) is 2. The number of aliphatic hydroxyl groups excluding tert-OH is 1. The maximum absolute atomic E-state index is 12.0. The molecule has 2 aromatic heterocycles. The van der Waals surface area contributed by atoms with Crippen LogP contribution in [-0.2, 0) is 0 Å². The lowest BCUT2D eigenvalue weighted by Gasteiger charge is -2.09. The number of anilines is 1. The SMILES string of the molecule is CCCC(O)Nc1nc2cc(-c3n[nH]c(=O)c4ccccc34)ccc2[nH]1. The van der Waals surface area contributed by atoms with E-state index in [0.29, 0.717) is 23.4 Å². The second-order valence-corrected chi connectivity index (χ2v) is 6.21.